The van der Waals surface area contributed by atoms with Crippen LogP contribution in [0.3, 0.4) is 0 Å². The summed E-state index contributed by atoms with van der Waals surface area (Å²) in [6.45, 7) is 4.70. The molecule has 1 aromatic carbocycles. The maximum absolute atomic E-state index is 13.5. The lowest BCUT2D eigenvalue weighted by Crippen LogP contribution is -2.26. The standard InChI is InChI=1S/C14H20FNO.ClH/c1-2-9-17-14-10-12(3-4-13(14)15)11-5-7-16-8-6-11;/h3-4,10-11,16H,2,5-9H2,1H3;1H. The highest BCUT2D eigenvalue weighted by molar-refractivity contribution is 5.85. The van der Waals surface area contributed by atoms with Gasteiger partial charge in [-0.15, -0.1) is 12.4 Å². The SMILES string of the molecule is CCCOc1cc(C2CCNCC2)ccc1F.Cl. The number of ether oxygens (including phenoxy) is 1. The van der Waals surface area contributed by atoms with Gasteiger partial charge in [0, 0.05) is 0 Å². The maximum atomic E-state index is 13.5. The van der Waals surface area contributed by atoms with Crippen molar-refractivity contribution in [1.29, 1.82) is 0 Å². The first-order chi connectivity index (χ1) is 8.31. The molecule has 0 saturated carbocycles. The van der Waals surface area contributed by atoms with Crippen molar-refractivity contribution >= 4 is 12.4 Å². The van der Waals surface area contributed by atoms with E-state index < -0.39 is 0 Å². The van der Waals surface area contributed by atoms with E-state index in [9.17, 15) is 4.39 Å². The van der Waals surface area contributed by atoms with E-state index in [1.165, 1.54) is 11.6 Å². The number of halogens is 2. The predicted octanol–water partition coefficient (Wildman–Crippen LogP) is 3.50. The highest BCUT2D eigenvalue weighted by Crippen LogP contribution is 2.29. The van der Waals surface area contributed by atoms with Crippen LogP contribution in [0.2, 0.25) is 0 Å². The highest BCUT2D eigenvalue weighted by atomic mass is 35.5. The minimum Gasteiger partial charge on any atom is -0.491 e. The molecule has 18 heavy (non-hydrogen) atoms. The topological polar surface area (TPSA) is 21.3 Å². The van der Waals surface area contributed by atoms with Gasteiger partial charge in [0.1, 0.15) is 0 Å². The fourth-order valence-electron chi connectivity index (χ4n) is 2.25. The van der Waals surface area contributed by atoms with Crippen LogP contribution in [0, 0.1) is 5.82 Å². The van der Waals surface area contributed by atoms with Gasteiger partial charge in [-0.3, -0.25) is 0 Å². The molecule has 1 saturated heterocycles. The first kappa shape index (κ1) is 15.3. The average Bonchev–Trinajstić information content (AvgIpc) is 2.39. The van der Waals surface area contributed by atoms with Gasteiger partial charge < -0.3 is 10.1 Å². The van der Waals surface area contributed by atoms with E-state index in [1.54, 1.807) is 0 Å². The number of benzene rings is 1. The molecular weight excluding hydrogens is 253 g/mol. The first-order valence-corrected chi connectivity index (χ1v) is 6.44. The highest BCUT2D eigenvalue weighted by Gasteiger charge is 2.16. The molecule has 1 fully saturated rings. The second kappa shape index (κ2) is 7.59. The molecule has 0 radical (unpaired) electrons. The van der Waals surface area contributed by atoms with Crippen molar-refractivity contribution in [2.45, 2.75) is 32.1 Å². The van der Waals surface area contributed by atoms with Crippen molar-refractivity contribution in [1.82, 2.24) is 5.32 Å². The molecule has 0 spiro atoms. The molecule has 1 N–H and O–H groups in total. The van der Waals surface area contributed by atoms with Crippen molar-refractivity contribution in [3.63, 3.8) is 0 Å². The Morgan fingerprint density at radius 3 is 2.72 bits per heavy atom. The Kier molecular flexibility index (Phi) is 6.44. The van der Waals surface area contributed by atoms with Gasteiger partial charge in [-0.1, -0.05) is 13.0 Å². The Morgan fingerprint density at radius 1 is 1.33 bits per heavy atom. The van der Waals surface area contributed by atoms with Crippen LogP contribution in [0.25, 0.3) is 0 Å². The molecular formula is C14H21ClFNO. The van der Waals surface area contributed by atoms with Crippen molar-refractivity contribution in [2.75, 3.05) is 19.7 Å². The molecule has 0 amide bonds. The van der Waals surface area contributed by atoms with Crippen molar-refractivity contribution in [2.24, 2.45) is 0 Å². The molecule has 0 atom stereocenters. The van der Waals surface area contributed by atoms with Crippen LogP contribution in [0.5, 0.6) is 5.75 Å². The van der Waals surface area contributed by atoms with Crippen LogP contribution in [0.1, 0.15) is 37.7 Å². The van der Waals surface area contributed by atoms with Crippen molar-refractivity contribution < 1.29 is 9.13 Å². The van der Waals surface area contributed by atoms with Crippen LogP contribution in [0.15, 0.2) is 18.2 Å². The van der Waals surface area contributed by atoms with Crippen LogP contribution in [-0.2, 0) is 0 Å². The maximum Gasteiger partial charge on any atom is 0.165 e. The van der Waals surface area contributed by atoms with Gasteiger partial charge in [-0.25, -0.2) is 4.39 Å². The fourth-order valence-corrected chi connectivity index (χ4v) is 2.25. The van der Waals surface area contributed by atoms with Gasteiger partial charge in [-0.05, 0) is 56.0 Å². The Balaban J connectivity index is 0.00000162. The summed E-state index contributed by atoms with van der Waals surface area (Å²) in [4.78, 5) is 0. The summed E-state index contributed by atoms with van der Waals surface area (Å²) in [5.41, 5.74) is 1.21. The van der Waals surface area contributed by atoms with Gasteiger partial charge in [0.2, 0.25) is 0 Å². The molecule has 0 aromatic heterocycles. The minimum atomic E-state index is -0.254. The van der Waals surface area contributed by atoms with E-state index in [-0.39, 0.29) is 18.2 Å². The number of nitrogens with one attached hydrogen (secondary N) is 1. The van der Waals surface area contributed by atoms with Gasteiger partial charge in [0.15, 0.2) is 11.6 Å². The second-order valence-electron chi connectivity index (χ2n) is 4.56. The third-order valence-electron chi connectivity index (χ3n) is 3.23. The summed E-state index contributed by atoms with van der Waals surface area (Å²) >= 11 is 0. The first-order valence-electron chi connectivity index (χ1n) is 6.44. The largest absolute Gasteiger partial charge is 0.491 e. The number of rotatable bonds is 4. The van der Waals surface area contributed by atoms with Gasteiger partial charge in [-0.2, -0.15) is 0 Å². The fraction of sp³-hybridized carbons (Fsp3) is 0.571. The van der Waals surface area contributed by atoms with E-state index in [0.717, 1.165) is 32.4 Å². The van der Waals surface area contributed by atoms with E-state index >= 15 is 0 Å². The molecule has 102 valence electrons. The lowest BCUT2D eigenvalue weighted by Gasteiger charge is -2.23. The summed E-state index contributed by atoms with van der Waals surface area (Å²) in [6, 6.07) is 5.30. The molecule has 1 aromatic rings. The smallest absolute Gasteiger partial charge is 0.165 e. The lowest BCUT2D eigenvalue weighted by atomic mass is 9.90. The zero-order valence-electron chi connectivity index (χ0n) is 10.7. The van der Waals surface area contributed by atoms with Crippen LogP contribution >= 0.6 is 12.4 Å². The molecule has 2 rings (SSSR count). The zero-order valence-corrected chi connectivity index (χ0v) is 11.6. The van der Waals surface area contributed by atoms with E-state index in [4.69, 9.17) is 4.74 Å². The Hall–Kier alpha value is -0.800. The van der Waals surface area contributed by atoms with Crippen molar-refractivity contribution in [3.05, 3.63) is 29.6 Å². The quantitative estimate of drug-likeness (QED) is 0.907. The predicted molar refractivity (Wildman–Crippen MR) is 74.3 cm³/mol. The summed E-state index contributed by atoms with van der Waals surface area (Å²) < 4.78 is 18.9. The number of hydrogen-bond acceptors (Lipinski definition) is 2. The summed E-state index contributed by atoms with van der Waals surface area (Å²) in [5.74, 6) is 0.694. The lowest BCUT2D eigenvalue weighted by molar-refractivity contribution is 0.300. The Morgan fingerprint density at radius 2 is 2.06 bits per heavy atom. The summed E-state index contributed by atoms with van der Waals surface area (Å²) in [5, 5.41) is 3.34. The second-order valence-corrected chi connectivity index (χ2v) is 4.56. The van der Waals surface area contributed by atoms with Crippen LogP contribution in [-0.4, -0.2) is 19.7 Å². The molecule has 1 heterocycles. The monoisotopic (exact) mass is 273 g/mol. The van der Waals surface area contributed by atoms with Gasteiger partial charge in [0.25, 0.3) is 0 Å². The third-order valence-corrected chi connectivity index (χ3v) is 3.23. The van der Waals surface area contributed by atoms with Crippen molar-refractivity contribution in [3.8, 4) is 5.75 Å². The van der Waals surface area contributed by atoms with E-state index in [0.29, 0.717) is 18.3 Å². The van der Waals surface area contributed by atoms with Crippen LogP contribution < -0.4 is 10.1 Å². The molecule has 0 aliphatic carbocycles. The Labute approximate surface area is 114 Å². The third kappa shape index (κ3) is 3.85. The minimum absolute atomic E-state index is 0. The molecule has 0 unspecified atom stereocenters. The zero-order chi connectivity index (χ0) is 12.1. The van der Waals surface area contributed by atoms with Gasteiger partial charge >= 0.3 is 0 Å². The normalized spacial score (nSPS) is 16.1. The molecule has 1 aliphatic heterocycles. The summed E-state index contributed by atoms with van der Waals surface area (Å²) in [6.07, 6.45) is 3.15. The number of piperidine rings is 1. The van der Waals surface area contributed by atoms with E-state index in [2.05, 4.69) is 5.32 Å². The average molecular weight is 274 g/mol. The molecule has 4 heteroatoms. The summed E-state index contributed by atoms with van der Waals surface area (Å²) in [7, 11) is 0. The molecule has 0 bridgehead atoms. The Bertz CT molecular complexity index is 367. The van der Waals surface area contributed by atoms with Crippen LogP contribution in [0.4, 0.5) is 4.39 Å². The van der Waals surface area contributed by atoms with E-state index in [1.807, 2.05) is 19.1 Å². The molecule has 2 nitrogen and oxygen atoms in total. The number of hydrogen-bond donors (Lipinski definition) is 1. The molecule has 1 aliphatic rings. The van der Waals surface area contributed by atoms with Gasteiger partial charge in [0.05, 0.1) is 6.61 Å².